The zero-order chi connectivity index (χ0) is 12.4. The Morgan fingerprint density at radius 1 is 1.53 bits per heavy atom. The Kier molecular flexibility index (Phi) is 3.15. The number of carbonyl (C=O) groups excluding carboxylic acids is 1. The number of nitrogen functional groups attached to an aromatic ring is 1. The van der Waals surface area contributed by atoms with E-state index in [1.807, 2.05) is 24.3 Å². The fraction of sp³-hybridized carbons (Fsp3) is 0.154. The van der Waals surface area contributed by atoms with Crippen molar-refractivity contribution in [2.75, 3.05) is 19.3 Å². The van der Waals surface area contributed by atoms with Crippen LogP contribution in [0.2, 0.25) is 0 Å². The molecular weight excluding hydrogens is 232 g/mol. The Morgan fingerprint density at radius 3 is 2.88 bits per heavy atom. The SMILES string of the molecule is C=CCN(C)C(=O)c1sc2ccccc2c1N. The molecule has 0 saturated carbocycles. The first-order chi connectivity index (χ1) is 8.15. The van der Waals surface area contributed by atoms with Gasteiger partial charge in [0.15, 0.2) is 0 Å². The van der Waals surface area contributed by atoms with E-state index in [2.05, 4.69) is 6.58 Å². The van der Waals surface area contributed by atoms with Gasteiger partial charge in [0, 0.05) is 23.7 Å². The minimum atomic E-state index is -0.0522. The fourth-order valence-corrected chi connectivity index (χ4v) is 2.79. The van der Waals surface area contributed by atoms with Crippen LogP contribution in [0.3, 0.4) is 0 Å². The van der Waals surface area contributed by atoms with Crippen LogP contribution in [0.25, 0.3) is 10.1 Å². The van der Waals surface area contributed by atoms with Crippen LogP contribution < -0.4 is 5.73 Å². The predicted octanol–water partition coefficient (Wildman–Crippen LogP) is 2.74. The van der Waals surface area contributed by atoms with E-state index in [1.54, 1.807) is 18.0 Å². The number of fused-ring (bicyclic) bond motifs is 1. The number of rotatable bonds is 3. The topological polar surface area (TPSA) is 46.3 Å². The van der Waals surface area contributed by atoms with Crippen molar-refractivity contribution in [3.05, 3.63) is 41.8 Å². The third kappa shape index (κ3) is 2.03. The van der Waals surface area contributed by atoms with E-state index in [0.717, 1.165) is 10.1 Å². The van der Waals surface area contributed by atoms with Crippen molar-refractivity contribution in [2.45, 2.75) is 0 Å². The van der Waals surface area contributed by atoms with Gasteiger partial charge in [0.05, 0.1) is 5.69 Å². The summed E-state index contributed by atoms with van der Waals surface area (Å²) in [4.78, 5) is 14.3. The summed E-state index contributed by atoms with van der Waals surface area (Å²) in [5.74, 6) is -0.0522. The molecule has 0 unspecified atom stereocenters. The lowest BCUT2D eigenvalue weighted by Gasteiger charge is -2.13. The molecule has 0 aliphatic carbocycles. The lowest BCUT2D eigenvalue weighted by atomic mass is 10.2. The highest BCUT2D eigenvalue weighted by Crippen LogP contribution is 2.33. The number of anilines is 1. The summed E-state index contributed by atoms with van der Waals surface area (Å²) in [6, 6.07) is 7.78. The summed E-state index contributed by atoms with van der Waals surface area (Å²) in [7, 11) is 1.74. The van der Waals surface area contributed by atoms with Gasteiger partial charge in [0.25, 0.3) is 5.91 Å². The molecule has 1 aromatic heterocycles. The number of nitrogens with two attached hydrogens (primary N) is 1. The first-order valence-corrected chi connectivity index (χ1v) is 6.10. The molecule has 0 bridgehead atoms. The molecule has 2 N–H and O–H groups in total. The summed E-state index contributed by atoms with van der Waals surface area (Å²) in [5.41, 5.74) is 6.59. The molecule has 2 aromatic rings. The average molecular weight is 246 g/mol. The van der Waals surface area contributed by atoms with Gasteiger partial charge in [-0.2, -0.15) is 0 Å². The lowest BCUT2D eigenvalue weighted by Crippen LogP contribution is -2.26. The lowest BCUT2D eigenvalue weighted by molar-refractivity contribution is 0.0816. The van der Waals surface area contributed by atoms with Crippen molar-refractivity contribution >= 4 is 33.0 Å². The number of likely N-dealkylation sites (N-methyl/N-ethyl adjacent to an activating group) is 1. The molecule has 0 fully saturated rings. The zero-order valence-corrected chi connectivity index (χ0v) is 10.5. The van der Waals surface area contributed by atoms with Crippen LogP contribution in [0.1, 0.15) is 9.67 Å². The molecule has 1 aromatic carbocycles. The van der Waals surface area contributed by atoms with Crippen LogP contribution in [0.15, 0.2) is 36.9 Å². The van der Waals surface area contributed by atoms with Crippen LogP contribution in [0.4, 0.5) is 5.69 Å². The van der Waals surface area contributed by atoms with Gasteiger partial charge in [0.1, 0.15) is 4.88 Å². The Morgan fingerprint density at radius 2 is 2.24 bits per heavy atom. The number of amides is 1. The number of carbonyl (C=O) groups is 1. The third-order valence-corrected chi connectivity index (χ3v) is 3.75. The molecule has 0 atom stereocenters. The molecule has 0 radical (unpaired) electrons. The maximum absolute atomic E-state index is 12.1. The van der Waals surface area contributed by atoms with Crippen molar-refractivity contribution in [3.63, 3.8) is 0 Å². The monoisotopic (exact) mass is 246 g/mol. The van der Waals surface area contributed by atoms with Crippen LogP contribution in [0, 0.1) is 0 Å². The van der Waals surface area contributed by atoms with E-state index < -0.39 is 0 Å². The van der Waals surface area contributed by atoms with Gasteiger partial charge in [-0.3, -0.25) is 4.79 Å². The molecule has 0 spiro atoms. The number of nitrogens with zero attached hydrogens (tertiary/aromatic N) is 1. The molecule has 2 rings (SSSR count). The van der Waals surface area contributed by atoms with Crippen LogP contribution in [-0.4, -0.2) is 24.4 Å². The molecule has 4 heteroatoms. The highest BCUT2D eigenvalue weighted by molar-refractivity contribution is 7.21. The van der Waals surface area contributed by atoms with Crippen molar-refractivity contribution in [3.8, 4) is 0 Å². The van der Waals surface area contributed by atoms with Gasteiger partial charge in [-0.05, 0) is 6.07 Å². The van der Waals surface area contributed by atoms with E-state index in [0.29, 0.717) is 17.1 Å². The third-order valence-electron chi connectivity index (χ3n) is 2.58. The van der Waals surface area contributed by atoms with Gasteiger partial charge in [-0.1, -0.05) is 24.3 Å². The minimum absolute atomic E-state index is 0.0522. The summed E-state index contributed by atoms with van der Waals surface area (Å²) in [6.07, 6.45) is 1.70. The number of benzene rings is 1. The molecular formula is C13H14N2OS. The Balaban J connectivity index is 2.45. The molecule has 17 heavy (non-hydrogen) atoms. The smallest absolute Gasteiger partial charge is 0.266 e. The Bertz CT molecular complexity index is 574. The van der Waals surface area contributed by atoms with Crippen LogP contribution in [-0.2, 0) is 0 Å². The van der Waals surface area contributed by atoms with Gasteiger partial charge < -0.3 is 10.6 Å². The first kappa shape index (κ1) is 11.7. The maximum atomic E-state index is 12.1. The fourth-order valence-electron chi connectivity index (χ4n) is 1.67. The van der Waals surface area contributed by atoms with E-state index in [-0.39, 0.29) is 5.91 Å². The zero-order valence-electron chi connectivity index (χ0n) is 9.64. The largest absolute Gasteiger partial charge is 0.397 e. The quantitative estimate of drug-likeness (QED) is 0.846. The highest BCUT2D eigenvalue weighted by Gasteiger charge is 2.18. The van der Waals surface area contributed by atoms with Crippen molar-refractivity contribution in [2.24, 2.45) is 0 Å². The predicted molar refractivity (Wildman–Crippen MR) is 73.4 cm³/mol. The van der Waals surface area contributed by atoms with Gasteiger partial charge in [-0.15, -0.1) is 17.9 Å². The molecule has 1 heterocycles. The van der Waals surface area contributed by atoms with Crippen molar-refractivity contribution in [1.29, 1.82) is 0 Å². The molecule has 0 aliphatic rings. The second-order valence-electron chi connectivity index (χ2n) is 3.82. The van der Waals surface area contributed by atoms with Crippen LogP contribution in [0.5, 0.6) is 0 Å². The summed E-state index contributed by atoms with van der Waals surface area (Å²) < 4.78 is 1.04. The molecule has 0 saturated heterocycles. The first-order valence-electron chi connectivity index (χ1n) is 5.28. The van der Waals surface area contributed by atoms with Gasteiger partial charge in [-0.25, -0.2) is 0 Å². The molecule has 3 nitrogen and oxygen atoms in total. The van der Waals surface area contributed by atoms with E-state index >= 15 is 0 Å². The summed E-state index contributed by atoms with van der Waals surface area (Å²) in [5, 5.41) is 0.952. The van der Waals surface area contributed by atoms with E-state index in [1.165, 1.54) is 11.3 Å². The standard InChI is InChI=1S/C13H14N2OS/c1-3-8-15(2)13(16)12-11(14)9-6-4-5-7-10(9)17-12/h3-7H,1,8,14H2,2H3. The minimum Gasteiger partial charge on any atom is -0.397 e. The molecule has 88 valence electrons. The molecule has 1 amide bonds. The van der Waals surface area contributed by atoms with Gasteiger partial charge in [0.2, 0.25) is 0 Å². The maximum Gasteiger partial charge on any atom is 0.266 e. The second-order valence-corrected chi connectivity index (χ2v) is 4.87. The van der Waals surface area contributed by atoms with Crippen LogP contribution >= 0.6 is 11.3 Å². The normalized spacial score (nSPS) is 10.4. The van der Waals surface area contributed by atoms with Crippen molar-refractivity contribution in [1.82, 2.24) is 4.90 Å². The summed E-state index contributed by atoms with van der Waals surface area (Å²) >= 11 is 1.44. The highest BCUT2D eigenvalue weighted by atomic mass is 32.1. The molecule has 0 aliphatic heterocycles. The number of hydrogen-bond donors (Lipinski definition) is 1. The Hall–Kier alpha value is -1.81. The average Bonchev–Trinajstić information content (AvgIpc) is 2.67. The van der Waals surface area contributed by atoms with Gasteiger partial charge >= 0.3 is 0 Å². The second kappa shape index (κ2) is 4.59. The number of hydrogen-bond acceptors (Lipinski definition) is 3. The Labute approximate surface area is 104 Å². The van der Waals surface area contributed by atoms with E-state index in [9.17, 15) is 4.79 Å². The van der Waals surface area contributed by atoms with E-state index in [4.69, 9.17) is 5.73 Å². The summed E-state index contributed by atoms with van der Waals surface area (Å²) in [6.45, 7) is 4.14. The van der Waals surface area contributed by atoms with Crippen molar-refractivity contribution < 1.29 is 4.79 Å². The number of thiophene rings is 1.